The van der Waals surface area contributed by atoms with Gasteiger partial charge in [0, 0.05) is 6.42 Å². The van der Waals surface area contributed by atoms with Crippen LogP contribution in [0.1, 0.15) is 40.3 Å². The highest BCUT2D eigenvalue weighted by molar-refractivity contribution is 5.96. The minimum atomic E-state index is -0.395. The molecule has 2 aromatic rings. The summed E-state index contributed by atoms with van der Waals surface area (Å²) in [6.45, 7) is 5.90. The molecule has 1 heterocycles. The molecule has 0 spiro atoms. The molecule has 24 heavy (non-hydrogen) atoms. The van der Waals surface area contributed by atoms with Crippen molar-refractivity contribution in [2.75, 3.05) is 6.61 Å². The smallest absolute Gasteiger partial charge is 0.273 e. The molecule has 0 aliphatic rings. The van der Waals surface area contributed by atoms with E-state index in [9.17, 15) is 9.59 Å². The van der Waals surface area contributed by atoms with Crippen LogP contribution < -0.4 is 15.6 Å². The topological polar surface area (TPSA) is 80.6 Å². The van der Waals surface area contributed by atoms with Crippen molar-refractivity contribution in [3.63, 3.8) is 0 Å². The van der Waals surface area contributed by atoms with Gasteiger partial charge in [-0.05, 0) is 45.4 Å². The van der Waals surface area contributed by atoms with E-state index in [-0.39, 0.29) is 12.3 Å². The van der Waals surface area contributed by atoms with Crippen molar-refractivity contribution in [2.24, 2.45) is 0 Å². The summed E-state index contributed by atoms with van der Waals surface area (Å²) in [5.41, 5.74) is 6.35. The number of amides is 2. The summed E-state index contributed by atoms with van der Waals surface area (Å²) in [5.74, 6) is 1.28. The number of hydrogen-bond donors (Lipinski definition) is 2. The van der Waals surface area contributed by atoms with Gasteiger partial charge in [0.1, 0.15) is 17.3 Å². The monoisotopic (exact) mass is 330 g/mol. The van der Waals surface area contributed by atoms with Gasteiger partial charge in [-0.25, -0.2) is 0 Å². The number of aryl methyl sites for hydroxylation is 3. The third kappa shape index (κ3) is 5.15. The molecule has 2 N–H and O–H groups in total. The Kier molecular flexibility index (Phi) is 6.01. The maximum absolute atomic E-state index is 11.9. The second-order valence-electron chi connectivity index (χ2n) is 5.59. The first-order valence-corrected chi connectivity index (χ1v) is 7.81. The number of benzene rings is 1. The molecule has 0 radical (unpaired) electrons. The molecule has 0 bridgehead atoms. The molecule has 1 aromatic carbocycles. The quantitative estimate of drug-likeness (QED) is 0.630. The SMILES string of the molecule is Cc1ccc(OCCCC(=O)NNC(=O)c2cc(C)oc2C)cc1. The van der Waals surface area contributed by atoms with E-state index in [1.54, 1.807) is 19.9 Å². The lowest BCUT2D eigenvalue weighted by Crippen LogP contribution is -2.41. The summed E-state index contributed by atoms with van der Waals surface area (Å²) in [6, 6.07) is 9.36. The Balaban J connectivity index is 1.65. The Morgan fingerprint density at radius 3 is 2.42 bits per heavy atom. The predicted octanol–water partition coefficient (Wildman–Crippen LogP) is 2.83. The van der Waals surface area contributed by atoms with Crippen LogP contribution in [0.5, 0.6) is 5.75 Å². The molecular formula is C18H22N2O4. The Morgan fingerprint density at radius 2 is 1.79 bits per heavy atom. The van der Waals surface area contributed by atoms with Crippen LogP contribution in [0, 0.1) is 20.8 Å². The number of carbonyl (C=O) groups is 2. The normalized spacial score (nSPS) is 10.3. The van der Waals surface area contributed by atoms with Crippen molar-refractivity contribution in [1.29, 1.82) is 0 Å². The molecule has 128 valence electrons. The van der Waals surface area contributed by atoms with Crippen LogP contribution in [0.3, 0.4) is 0 Å². The molecule has 0 unspecified atom stereocenters. The summed E-state index contributed by atoms with van der Waals surface area (Å²) < 4.78 is 10.8. The van der Waals surface area contributed by atoms with E-state index >= 15 is 0 Å². The number of hydrazine groups is 1. The number of rotatable bonds is 6. The number of nitrogens with one attached hydrogen (secondary N) is 2. The average Bonchev–Trinajstić information content (AvgIpc) is 2.89. The first-order valence-electron chi connectivity index (χ1n) is 7.81. The van der Waals surface area contributed by atoms with Crippen molar-refractivity contribution in [3.8, 4) is 5.75 Å². The van der Waals surface area contributed by atoms with Gasteiger partial charge in [-0.15, -0.1) is 0 Å². The molecule has 1 aromatic heterocycles. The van der Waals surface area contributed by atoms with Gasteiger partial charge in [0.25, 0.3) is 5.91 Å². The first kappa shape index (κ1) is 17.6. The van der Waals surface area contributed by atoms with E-state index in [0.29, 0.717) is 30.1 Å². The minimum Gasteiger partial charge on any atom is -0.494 e. The van der Waals surface area contributed by atoms with Crippen LogP contribution in [0.15, 0.2) is 34.7 Å². The Morgan fingerprint density at radius 1 is 1.08 bits per heavy atom. The van der Waals surface area contributed by atoms with Crippen LogP contribution in [-0.2, 0) is 4.79 Å². The maximum atomic E-state index is 11.9. The number of ether oxygens (including phenoxy) is 1. The highest BCUT2D eigenvalue weighted by atomic mass is 16.5. The zero-order chi connectivity index (χ0) is 17.5. The van der Waals surface area contributed by atoms with Crippen LogP contribution in [-0.4, -0.2) is 18.4 Å². The molecule has 0 saturated carbocycles. The van der Waals surface area contributed by atoms with Crippen LogP contribution in [0.2, 0.25) is 0 Å². The highest BCUT2D eigenvalue weighted by Gasteiger charge is 2.13. The van der Waals surface area contributed by atoms with Crippen LogP contribution in [0.4, 0.5) is 0 Å². The van der Waals surface area contributed by atoms with E-state index in [4.69, 9.17) is 9.15 Å². The second-order valence-corrected chi connectivity index (χ2v) is 5.59. The van der Waals surface area contributed by atoms with Crippen LogP contribution in [0.25, 0.3) is 0 Å². The molecule has 0 saturated heterocycles. The number of furan rings is 1. The van der Waals surface area contributed by atoms with Crippen molar-refractivity contribution >= 4 is 11.8 Å². The second kappa shape index (κ2) is 8.19. The van der Waals surface area contributed by atoms with E-state index < -0.39 is 5.91 Å². The number of carbonyl (C=O) groups excluding carboxylic acids is 2. The van der Waals surface area contributed by atoms with Crippen molar-refractivity contribution in [2.45, 2.75) is 33.6 Å². The van der Waals surface area contributed by atoms with Gasteiger partial charge in [-0.1, -0.05) is 17.7 Å². The van der Waals surface area contributed by atoms with Gasteiger partial charge in [0.2, 0.25) is 5.91 Å². The molecule has 6 heteroatoms. The lowest BCUT2D eigenvalue weighted by atomic mass is 10.2. The summed E-state index contributed by atoms with van der Waals surface area (Å²) >= 11 is 0. The van der Waals surface area contributed by atoms with E-state index in [0.717, 1.165) is 5.75 Å². The molecule has 2 rings (SSSR count). The molecule has 6 nitrogen and oxygen atoms in total. The predicted molar refractivity (Wildman–Crippen MR) is 89.7 cm³/mol. The van der Waals surface area contributed by atoms with Gasteiger partial charge in [-0.3, -0.25) is 20.4 Å². The Labute approximate surface area is 141 Å². The summed E-state index contributed by atoms with van der Waals surface area (Å²) in [4.78, 5) is 23.6. The van der Waals surface area contributed by atoms with Crippen molar-refractivity contribution in [1.82, 2.24) is 10.9 Å². The standard InChI is InChI=1S/C18H22N2O4/c1-12-6-8-15(9-7-12)23-10-4-5-17(21)19-20-18(22)16-11-13(2)24-14(16)3/h6-9,11H,4-5,10H2,1-3H3,(H,19,21)(H,20,22). The lowest BCUT2D eigenvalue weighted by molar-refractivity contribution is -0.122. The zero-order valence-electron chi connectivity index (χ0n) is 14.1. The fourth-order valence-electron chi connectivity index (χ4n) is 2.17. The minimum absolute atomic E-state index is 0.259. The third-order valence-corrected chi connectivity index (χ3v) is 3.44. The van der Waals surface area contributed by atoms with Gasteiger partial charge in [0.05, 0.1) is 12.2 Å². The molecule has 0 aliphatic carbocycles. The van der Waals surface area contributed by atoms with E-state index in [1.165, 1.54) is 5.56 Å². The van der Waals surface area contributed by atoms with Crippen molar-refractivity contribution < 1.29 is 18.7 Å². The Bertz CT molecular complexity index is 704. The molecular weight excluding hydrogens is 308 g/mol. The molecule has 0 aliphatic heterocycles. The summed E-state index contributed by atoms with van der Waals surface area (Å²) in [7, 11) is 0. The maximum Gasteiger partial charge on any atom is 0.273 e. The molecule has 0 fully saturated rings. The van der Waals surface area contributed by atoms with Gasteiger partial charge in [0.15, 0.2) is 0 Å². The fourth-order valence-corrected chi connectivity index (χ4v) is 2.17. The highest BCUT2D eigenvalue weighted by Crippen LogP contribution is 2.13. The van der Waals surface area contributed by atoms with Gasteiger partial charge >= 0.3 is 0 Å². The Hall–Kier alpha value is -2.76. The van der Waals surface area contributed by atoms with Crippen LogP contribution >= 0.6 is 0 Å². The van der Waals surface area contributed by atoms with E-state index in [2.05, 4.69) is 10.9 Å². The largest absolute Gasteiger partial charge is 0.494 e. The fraction of sp³-hybridized carbons (Fsp3) is 0.333. The summed E-state index contributed by atoms with van der Waals surface area (Å²) in [6.07, 6.45) is 0.814. The molecule has 0 atom stereocenters. The first-order chi connectivity index (χ1) is 11.5. The lowest BCUT2D eigenvalue weighted by Gasteiger charge is -2.08. The summed E-state index contributed by atoms with van der Waals surface area (Å²) in [5, 5.41) is 0. The number of hydrogen-bond acceptors (Lipinski definition) is 4. The van der Waals surface area contributed by atoms with E-state index in [1.807, 2.05) is 31.2 Å². The third-order valence-electron chi connectivity index (χ3n) is 3.44. The van der Waals surface area contributed by atoms with Crippen molar-refractivity contribution in [3.05, 3.63) is 53.0 Å². The molecule has 2 amide bonds. The zero-order valence-corrected chi connectivity index (χ0v) is 14.1. The average molecular weight is 330 g/mol. The van der Waals surface area contributed by atoms with Gasteiger partial charge in [-0.2, -0.15) is 0 Å². The van der Waals surface area contributed by atoms with Gasteiger partial charge < -0.3 is 9.15 Å².